The molecule has 4 heterocycles. The molecule has 0 unspecified atom stereocenters. The molecular formula is C16H17N7O2. The molecule has 0 atom stereocenters. The Morgan fingerprint density at radius 3 is 2.80 bits per heavy atom. The first-order valence-electron chi connectivity index (χ1n) is 8.03. The van der Waals surface area contributed by atoms with Gasteiger partial charge in [-0.3, -0.25) is 9.20 Å². The SMILES string of the molecule is Cc1nnc2c(N3CCN(C(=O)c4ccc[n+]([O-])c4)CC3)nccn12. The van der Waals surface area contributed by atoms with E-state index >= 15 is 0 Å². The number of anilines is 1. The molecule has 0 N–H and O–H groups in total. The van der Waals surface area contributed by atoms with E-state index in [1.807, 2.05) is 17.5 Å². The molecule has 9 heteroatoms. The van der Waals surface area contributed by atoms with Gasteiger partial charge in [0.15, 0.2) is 18.2 Å². The third-order valence-electron chi connectivity index (χ3n) is 4.37. The number of pyridine rings is 1. The van der Waals surface area contributed by atoms with Crippen LogP contribution in [0.15, 0.2) is 36.9 Å². The molecule has 0 spiro atoms. The first kappa shape index (κ1) is 15.3. The number of rotatable bonds is 2. The van der Waals surface area contributed by atoms with Gasteiger partial charge in [-0.2, -0.15) is 4.73 Å². The zero-order valence-electron chi connectivity index (χ0n) is 13.7. The zero-order chi connectivity index (χ0) is 17.4. The maximum Gasteiger partial charge on any atom is 0.260 e. The monoisotopic (exact) mass is 339 g/mol. The van der Waals surface area contributed by atoms with Gasteiger partial charge in [0.25, 0.3) is 5.91 Å². The summed E-state index contributed by atoms with van der Waals surface area (Å²) >= 11 is 0. The normalized spacial score (nSPS) is 14.9. The van der Waals surface area contributed by atoms with E-state index in [0.717, 1.165) is 17.3 Å². The third-order valence-corrected chi connectivity index (χ3v) is 4.37. The highest BCUT2D eigenvalue weighted by Gasteiger charge is 2.25. The summed E-state index contributed by atoms with van der Waals surface area (Å²) in [6, 6.07) is 3.24. The fourth-order valence-corrected chi connectivity index (χ4v) is 3.04. The largest absolute Gasteiger partial charge is 0.619 e. The lowest BCUT2D eigenvalue weighted by Gasteiger charge is -2.35. The second-order valence-corrected chi connectivity index (χ2v) is 5.92. The molecule has 128 valence electrons. The van der Waals surface area contributed by atoms with Crippen molar-refractivity contribution in [1.29, 1.82) is 0 Å². The fraction of sp³-hybridized carbons (Fsp3) is 0.312. The highest BCUT2D eigenvalue weighted by atomic mass is 16.5. The lowest BCUT2D eigenvalue weighted by atomic mass is 10.2. The number of piperazine rings is 1. The van der Waals surface area contributed by atoms with E-state index in [-0.39, 0.29) is 5.91 Å². The summed E-state index contributed by atoms with van der Waals surface area (Å²) < 4.78 is 2.54. The van der Waals surface area contributed by atoms with Crippen molar-refractivity contribution in [2.75, 3.05) is 31.1 Å². The van der Waals surface area contributed by atoms with Crippen LogP contribution in [0.2, 0.25) is 0 Å². The fourth-order valence-electron chi connectivity index (χ4n) is 3.04. The molecule has 1 amide bonds. The first-order chi connectivity index (χ1) is 12.1. The van der Waals surface area contributed by atoms with Crippen LogP contribution in [0.3, 0.4) is 0 Å². The van der Waals surface area contributed by atoms with Crippen molar-refractivity contribution >= 4 is 17.4 Å². The van der Waals surface area contributed by atoms with Crippen molar-refractivity contribution < 1.29 is 9.52 Å². The van der Waals surface area contributed by atoms with E-state index in [1.165, 1.54) is 12.4 Å². The molecule has 0 radical (unpaired) electrons. The Morgan fingerprint density at radius 1 is 1.24 bits per heavy atom. The number of aryl methyl sites for hydroxylation is 1. The molecule has 4 rings (SSSR count). The Bertz CT molecular complexity index is 931. The number of aromatic nitrogens is 5. The molecule has 3 aromatic rings. The van der Waals surface area contributed by atoms with Crippen LogP contribution < -0.4 is 9.63 Å². The van der Waals surface area contributed by atoms with Crippen LogP contribution in [0.4, 0.5) is 5.82 Å². The van der Waals surface area contributed by atoms with Gasteiger partial charge >= 0.3 is 0 Å². The molecule has 0 saturated carbocycles. The highest BCUT2D eigenvalue weighted by Crippen LogP contribution is 2.19. The summed E-state index contributed by atoms with van der Waals surface area (Å²) in [6.45, 7) is 4.30. The van der Waals surface area contributed by atoms with E-state index in [9.17, 15) is 10.0 Å². The van der Waals surface area contributed by atoms with Crippen molar-refractivity contribution in [1.82, 2.24) is 24.5 Å². The summed E-state index contributed by atoms with van der Waals surface area (Å²) in [5.74, 6) is 1.45. The Hall–Kier alpha value is -3.23. The van der Waals surface area contributed by atoms with Gasteiger partial charge in [0.1, 0.15) is 11.4 Å². The number of amides is 1. The van der Waals surface area contributed by atoms with Gasteiger partial charge in [0.05, 0.1) is 0 Å². The minimum atomic E-state index is -0.130. The average molecular weight is 339 g/mol. The Balaban J connectivity index is 1.50. The topological polar surface area (TPSA) is 93.6 Å². The molecule has 0 aromatic carbocycles. The molecule has 0 bridgehead atoms. The number of hydrogen-bond acceptors (Lipinski definition) is 6. The molecule has 1 aliphatic heterocycles. The summed E-state index contributed by atoms with van der Waals surface area (Å²) in [4.78, 5) is 20.8. The van der Waals surface area contributed by atoms with E-state index < -0.39 is 0 Å². The smallest absolute Gasteiger partial charge is 0.260 e. The lowest BCUT2D eigenvalue weighted by molar-refractivity contribution is -0.605. The molecule has 1 saturated heterocycles. The number of carbonyl (C=O) groups excluding carboxylic acids is 1. The highest BCUT2D eigenvalue weighted by molar-refractivity contribution is 5.93. The van der Waals surface area contributed by atoms with E-state index in [4.69, 9.17) is 0 Å². The van der Waals surface area contributed by atoms with Crippen LogP contribution in [0.5, 0.6) is 0 Å². The minimum Gasteiger partial charge on any atom is -0.619 e. The predicted molar refractivity (Wildman–Crippen MR) is 89.0 cm³/mol. The van der Waals surface area contributed by atoms with Crippen molar-refractivity contribution in [3.8, 4) is 0 Å². The van der Waals surface area contributed by atoms with Crippen LogP contribution in [-0.2, 0) is 0 Å². The van der Waals surface area contributed by atoms with Crippen molar-refractivity contribution in [3.05, 3.63) is 53.5 Å². The molecule has 3 aromatic heterocycles. The third kappa shape index (κ3) is 2.73. The Morgan fingerprint density at radius 2 is 2.04 bits per heavy atom. The van der Waals surface area contributed by atoms with Crippen LogP contribution >= 0.6 is 0 Å². The van der Waals surface area contributed by atoms with E-state index in [2.05, 4.69) is 20.1 Å². The van der Waals surface area contributed by atoms with Crippen molar-refractivity contribution in [2.45, 2.75) is 6.92 Å². The maximum absolute atomic E-state index is 12.5. The molecule has 9 nitrogen and oxygen atoms in total. The van der Waals surface area contributed by atoms with Crippen LogP contribution in [-0.4, -0.2) is 56.6 Å². The Kier molecular flexibility index (Phi) is 3.68. The van der Waals surface area contributed by atoms with Crippen molar-refractivity contribution in [2.24, 2.45) is 0 Å². The van der Waals surface area contributed by atoms with Gasteiger partial charge in [-0.25, -0.2) is 4.98 Å². The predicted octanol–water partition coefficient (Wildman–Crippen LogP) is 0.0285. The minimum absolute atomic E-state index is 0.130. The number of hydrogen-bond donors (Lipinski definition) is 0. The first-order valence-corrected chi connectivity index (χ1v) is 8.03. The van der Waals surface area contributed by atoms with E-state index in [1.54, 1.807) is 23.2 Å². The second kappa shape index (κ2) is 6.00. The van der Waals surface area contributed by atoms with Gasteiger partial charge < -0.3 is 15.0 Å². The molecule has 25 heavy (non-hydrogen) atoms. The van der Waals surface area contributed by atoms with Crippen LogP contribution in [0, 0.1) is 12.1 Å². The quantitative estimate of drug-likeness (QED) is 0.483. The summed E-state index contributed by atoms with van der Waals surface area (Å²) in [5, 5.41) is 19.6. The number of nitrogens with zero attached hydrogens (tertiary/aromatic N) is 7. The van der Waals surface area contributed by atoms with Gasteiger partial charge in [0.2, 0.25) is 5.65 Å². The van der Waals surface area contributed by atoms with Gasteiger partial charge in [-0.1, -0.05) is 0 Å². The maximum atomic E-state index is 12.5. The van der Waals surface area contributed by atoms with Gasteiger partial charge in [-0.15, -0.1) is 10.2 Å². The Labute approximate surface area is 143 Å². The molecule has 1 aliphatic rings. The second-order valence-electron chi connectivity index (χ2n) is 5.92. The van der Waals surface area contributed by atoms with Gasteiger partial charge in [0, 0.05) is 44.6 Å². The number of fused-ring (bicyclic) bond motifs is 1. The summed E-state index contributed by atoms with van der Waals surface area (Å²) in [5.41, 5.74) is 1.12. The summed E-state index contributed by atoms with van der Waals surface area (Å²) in [7, 11) is 0. The average Bonchev–Trinajstić information content (AvgIpc) is 3.03. The zero-order valence-corrected chi connectivity index (χ0v) is 13.7. The molecule has 0 aliphatic carbocycles. The van der Waals surface area contributed by atoms with Crippen LogP contribution in [0.1, 0.15) is 16.2 Å². The lowest BCUT2D eigenvalue weighted by Crippen LogP contribution is -2.49. The van der Waals surface area contributed by atoms with E-state index in [0.29, 0.717) is 36.5 Å². The standard InChI is InChI=1S/C16H17N7O2/c1-12-18-19-15-14(17-4-6-23(12)15)20-7-9-21(10-8-20)16(24)13-3-2-5-22(25)11-13/h2-6,11H,7-10H2,1H3. The summed E-state index contributed by atoms with van der Waals surface area (Å²) in [6.07, 6.45) is 6.23. The van der Waals surface area contributed by atoms with Crippen molar-refractivity contribution in [3.63, 3.8) is 0 Å². The number of carbonyl (C=O) groups is 1. The van der Waals surface area contributed by atoms with Gasteiger partial charge in [-0.05, 0) is 13.0 Å². The molecular weight excluding hydrogens is 322 g/mol. The molecule has 1 fully saturated rings. The van der Waals surface area contributed by atoms with Crippen LogP contribution in [0.25, 0.3) is 5.65 Å².